The lowest BCUT2D eigenvalue weighted by molar-refractivity contribution is 0.983. The summed E-state index contributed by atoms with van der Waals surface area (Å²) in [6.45, 7) is 2.13. The van der Waals surface area contributed by atoms with E-state index in [0.717, 1.165) is 23.3 Å². The van der Waals surface area contributed by atoms with Crippen LogP contribution in [0.5, 0.6) is 0 Å². The molecule has 0 saturated heterocycles. The number of thiophene rings is 1. The van der Waals surface area contributed by atoms with E-state index in [1.165, 1.54) is 4.88 Å². The summed E-state index contributed by atoms with van der Waals surface area (Å²) in [7, 11) is 0. The first-order valence-corrected chi connectivity index (χ1v) is 6.74. The molecule has 2 heteroatoms. The molecule has 2 rings (SSSR count). The Morgan fingerprint density at radius 2 is 1.89 bits per heavy atom. The first-order chi connectivity index (χ1) is 8.83. The lowest BCUT2D eigenvalue weighted by atomic mass is 10.1. The molecular formula is C16H13NS. The largest absolute Gasteiger partial charge is 0.192 e. The van der Waals surface area contributed by atoms with Crippen LogP contribution in [0, 0.1) is 23.2 Å². The maximum Gasteiger partial charge on any atom is 0.0991 e. The minimum absolute atomic E-state index is 0.693. The van der Waals surface area contributed by atoms with Crippen molar-refractivity contribution in [3.63, 3.8) is 0 Å². The molecule has 0 amide bonds. The molecule has 2 aromatic rings. The van der Waals surface area contributed by atoms with E-state index in [0.29, 0.717) is 5.56 Å². The van der Waals surface area contributed by atoms with Gasteiger partial charge < -0.3 is 0 Å². The summed E-state index contributed by atoms with van der Waals surface area (Å²) in [4.78, 5) is 2.29. The van der Waals surface area contributed by atoms with Gasteiger partial charge in [-0.1, -0.05) is 30.9 Å². The molecule has 0 atom stereocenters. The van der Waals surface area contributed by atoms with Crippen molar-refractivity contribution in [1.29, 1.82) is 5.26 Å². The van der Waals surface area contributed by atoms with E-state index in [9.17, 15) is 0 Å². The molecule has 0 aliphatic rings. The second kappa shape index (κ2) is 6.05. The molecule has 1 aromatic carbocycles. The monoisotopic (exact) mass is 251 g/mol. The molecular weight excluding hydrogens is 238 g/mol. The van der Waals surface area contributed by atoms with Crippen molar-refractivity contribution in [3.05, 3.63) is 46.8 Å². The van der Waals surface area contributed by atoms with Crippen LogP contribution in [-0.2, 0) is 0 Å². The van der Waals surface area contributed by atoms with Gasteiger partial charge in [0.15, 0.2) is 0 Å². The number of hydrogen-bond donors (Lipinski definition) is 0. The Balaban J connectivity index is 2.19. The highest BCUT2D eigenvalue weighted by atomic mass is 32.1. The van der Waals surface area contributed by atoms with Crippen molar-refractivity contribution in [2.24, 2.45) is 0 Å². The Bertz CT molecular complexity index is 618. The molecule has 0 aliphatic heterocycles. The highest BCUT2D eigenvalue weighted by Crippen LogP contribution is 2.27. The molecule has 0 bridgehead atoms. The van der Waals surface area contributed by atoms with Crippen molar-refractivity contribution in [3.8, 4) is 28.4 Å². The van der Waals surface area contributed by atoms with E-state index in [1.807, 2.05) is 24.3 Å². The summed E-state index contributed by atoms with van der Waals surface area (Å²) in [5.74, 6) is 6.33. The van der Waals surface area contributed by atoms with E-state index >= 15 is 0 Å². The molecule has 0 spiro atoms. The van der Waals surface area contributed by atoms with Crippen molar-refractivity contribution >= 4 is 11.3 Å². The number of unbranched alkanes of at least 4 members (excludes halogenated alkanes) is 1. The minimum Gasteiger partial charge on any atom is -0.192 e. The van der Waals surface area contributed by atoms with Gasteiger partial charge in [-0.15, -0.1) is 11.3 Å². The first-order valence-electron chi connectivity index (χ1n) is 5.92. The molecule has 0 aliphatic carbocycles. The fourth-order valence-corrected chi connectivity index (χ4v) is 2.43. The van der Waals surface area contributed by atoms with Gasteiger partial charge in [-0.05, 0) is 36.2 Å². The number of rotatable bonds is 2. The van der Waals surface area contributed by atoms with Crippen LogP contribution in [-0.4, -0.2) is 0 Å². The molecule has 1 nitrogen and oxygen atoms in total. The quantitative estimate of drug-likeness (QED) is 0.724. The van der Waals surface area contributed by atoms with Gasteiger partial charge in [0.1, 0.15) is 0 Å². The third-order valence-electron chi connectivity index (χ3n) is 2.49. The second-order valence-corrected chi connectivity index (χ2v) is 4.99. The molecule has 0 N–H and O–H groups in total. The molecule has 88 valence electrons. The van der Waals surface area contributed by atoms with Crippen LogP contribution in [0.1, 0.15) is 30.2 Å². The lowest BCUT2D eigenvalue weighted by Crippen LogP contribution is -1.74. The number of nitrogens with zero attached hydrogens (tertiary/aromatic N) is 1. The molecule has 0 saturated carbocycles. The van der Waals surface area contributed by atoms with Crippen molar-refractivity contribution in [1.82, 2.24) is 0 Å². The van der Waals surface area contributed by atoms with Gasteiger partial charge in [0.05, 0.1) is 16.5 Å². The predicted molar refractivity (Wildman–Crippen MR) is 76.3 cm³/mol. The summed E-state index contributed by atoms with van der Waals surface area (Å²) in [6.07, 6.45) is 2.05. The lowest BCUT2D eigenvalue weighted by Gasteiger charge is -1.95. The fourth-order valence-electron chi connectivity index (χ4n) is 1.54. The van der Waals surface area contributed by atoms with Gasteiger partial charge in [0.25, 0.3) is 0 Å². The Hall–Kier alpha value is -2.03. The van der Waals surface area contributed by atoms with Gasteiger partial charge in [-0.2, -0.15) is 5.26 Å². The normalized spacial score (nSPS) is 9.33. The Kier molecular flexibility index (Phi) is 4.18. The van der Waals surface area contributed by atoms with E-state index in [2.05, 4.69) is 37.0 Å². The zero-order valence-corrected chi connectivity index (χ0v) is 11.1. The average molecular weight is 251 g/mol. The van der Waals surface area contributed by atoms with E-state index < -0.39 is 0 Å². The third-order valence-corrected chi connectivity index (χ3v) is 3.54. The highest BCUT2D eigenvalue weighted by molar-refractivity contribution is 7.16. The van der Waals surface area contributed by atoms with E-state index in [-0.39, 0.29) is 0 Å². The zero-order valence-electron chi connectivity index (χ0n) is 10.2. The van der Waals surface area contributed by atoms with Crippen LogP contribution < -0.4 is 0 Å². The molecule has 18 heavy (non-hydrogen) atoms. The van der Waals surface area contributed by atoms with Crippen LogP contribution >= 0.6 is 11.3 Å². The van der Waals surface area contributed by atoms with E-state index in [4.69, 9.17) is 5.26 Å². The minimum atomic E-state index is 0.693. The molecule has 1 heterocycles. The smallest absolute Gasteiger partial charge is 0.0991 e. The van der Waals surface area contributed by atoms with Crippen LogP contribution in [0.3, 0.4) is 0 Å². The Morgan fingerprint density at radius 3 is 2.56 bits per heavy atom. The topological polar surface area (TPSA) is 23.8 Å². The van der Waals surface area contributed by atoms with Gasteiger partial charge in [-0.25, -0.2) is 0 Å². The zero-order chi connectivity index (χ0) is 12.8. The van der Waals surface area contributed by atoms with Crippen LogP contribution in [0.25, 0.3) is 10.4 Å². The van der Waals surface area contributed by atoms with Crippen molar-refractivity contribution in [2.45, 2.75) is 19.8 Å². The summed E-state index contributed by atoms with van der Waals surface area (Å²) in [5, 5.41) is 8.76. The summed E-state index contributed by atoms with van der Waals surface area (Å²) in [5.41, 5.74) is 1.83. The number of hydrogen-bond acceptors (Lipinski definition) is 2. The number of nitriles is 1. The number of benzene rings is 1. The highest BCUT2D eigenvalue weighted by Gasteiger charge is 2.01. The third kappa shape index (κ3) is 3.00. The fraction of sp³-hybridized carbons (Fsp3) is 0.188. The second-order valence-electron chi connectivity index (χ2n) is 3.90. The molecule has 0 unspecified atom stereocenters. The Morgan fingerprint density at radius 1 is 1.11 bits per heavy atom. The molecule has 1 aromatic heterocycles. The van der Waals surface area contributed by atoms with Gasteiger partial charge >= 0.3 is 0 Å². The Labute approximate surface area is 112 Å². The summed E-state index contributed by atoms with van der Waals surface area (Å²) in [6, 6.07) is 13.9. The standard InChI is InChI=1S/C16H13NS/c1-2-3-4-5-15-10-11-16(18-15)14-8-6-13(12-17)7-9-14/h6-11H,2-3H2,1H3. The molecule has 0 radical (unpaired) electrons. The van der Waals surface area contributed by atoms with Crippen molar-refractivity contribution in [2.75, 3.05) is 0 Å². The van der Waals surface area contributed by atoms with Crippen LogP contribution in [0.15, 0.2) is 36.4 Å². The van der Waals surface area contributed by atoms with Crippen LogP contribution in [0.4, 0.5) is 0 Å². The van der Waals surface area contributed by atoms with Crippen molar-refractivity contribution < 1.29 is 0 Å². The van der Waals surface area contributed by atoms with Gasteiger partial charge in [0, 0.05) is 11.3 Å². The molecule has 0 fully saturated rings. The SMILES string of the molecule is CCCC#Cc1ccc(-c2ccc(C#N)cc2)s1. The summed E-state index contributed by atoms with van der Waals surface area (Å²) >= 11 is 1.69. The van der Waals surface area contributed by atoms with Gasteiger partial charge in [0.2, 0.25) is 0 Å². The van der Waals surface area contributed by atoms with Crippen LogP contribution in [0.2, 0.25) is 0 Å². The summed E-state index contributed by atoms with van der Waals surface area (Å²) < 4.78 is 0. The van der Waals surface area contributed by atoms with Gasteiger partial charge in [-0.3, -0.25) is 0 Å². The average Bonchev–Trinajstić information content (AvgIpc) is 2.88. The van der Waals surface area contributed by atoms with E-state index in [1.54, 1.807) is 11.3 Å². The first kappa shape index (κ1) is 12.4. The maximum atomic E-state index is 8.76. The predicted octanol–water partition coefficient (Wildman–Crippen LogP) is 4.44. The maximum absolute atomic E-state index is 8.76.